The number of hydrogen-bond donors (Lipinski definition) is 0. The van der Waals surface area contributed by atoms with Crippen LogP contribution < -0.4 is 4.74 Å². The molecule has 0 N–H and O–H groups in total. The lowest BCUT2D eigenvalue weighted by Gasteiger charge is -2.06. The second kappa shape index (κ2) is 4.57. The predicted molar refractivity (Wildman–Crippen MR) is 57.3 cm³/mol. The maximum atomic E-state index is 11.9. The Kier molecular flexibility index (Phi) is 2.95. The van der Waals surface area contributed by atoms with E-state index in [0.717, 1.165) is 0 Å². The summed E-state index contributed by atoms with van der Waals surface area (Å²) in [5.41, 5.74) is 0.556. The van der Waals surface area contributed by atoms with Gasteiger partial charge in [0.15, 0.2) is 5.78 Å². The number of aromatic nitrogens is 3. The van der Waals surface area contributed by atoms with Crippen LogP contribution in [0.15, 0.2) is 36.7 Å². The van der Waals surface area contributed by atoms with Crippen molar-refractivity contribution in [3.05, 3.63) is 42.2 Å². The molecule has 5 heteroatoms. The topological polar surface area (TPSA) is 57.0 Å². The van der Waals surface area contributed by atoms with Gasteiger partial charge in [0.1, 0.15) is 12.3 Å². The predicted octanol–water partition coefficient (Wildman–Crippen LogP) is 1.17. The Bertz CT molecular complexity index is 480. The number of ether oxygens (including phenoxy) is 1. The SMILES string of the molecule is COc1ccccc1C(=O)Cn1ccnn1. The average molecular weight is 217 g/mol. The summed E-state index contributed by atoms with van der Waals surface area (Å²) in [5, 5.41) is 7.38. The van der Waals surface area contributed by atoms with Gasteiger partial charge in [-0.25, -0.2) is 4.68 Å². The zero-order valence-corrected chi connectivity index (χ0v) is 8.83. The summed E-state index contributed by atoms with van der Waals surface area (Å²) in [4.78, 5) is 11.9. The van der Waals surface area contributed by atoms with Gasteiger partial charge in [-0.15, -0.1) is 5.10 Å². The fourth-order valence-corrected chi connectivity index (χ4v) is 1.42. The Hall–Kier alpha value is -2.17. The van der Waals surface area contributed by atoms with Gasteiger partial charge in [0, 0.05) is 6.20 Å². The number of Topliss-reactive ketones (excluding diaryl/α,β-unsaturated/α-hetero) is 1. The quantitative estimate of drug-likeness (QED) is 0.721. The molecule has 0 saturated carbocycles. The van der Waals surface area contributed by atoms with Crippen LogP contribution in [0.1, 0.15) is 10.4 Å². The fourth-order valence-electron chi connectivity index (χ4n) is 1.42. The summed E-state index contributed by atoms with van der Waals surface area (Å²) in [6.07, 6.45) is 3.18. The van der Waals surface area contributed by atoms with Crippen molar-refractivity contribution < 1.29 is 9.53 Å². The molecule has 0 atom stereocenters. The van der Waals surface area contributed by atoms with E-state index >= 15 is 0 Å². The normalized spacial score (nSPS) is 10.1. The second-order valence-electron chi connectivity index (χ2n) is 3.22. The van der Waals surface area contributed by atoms with Crippen molar-refractivity contribution in [2.45, 2.75) is 6.54 Å². The molecule has 0 radical (unpaired) electrons. The minimum absolute atomic E-state index is 0.0528. The Morgan fingerprint density at radius 1 is 1.44 bits per heavy atom. The third-order valence-electron chi connectivity index (χ3n) is 2.18. The third kappa shape index (κ3) is 2.08. The monoisotopic (exact) mass is 217 g/mol. The van der Waals surface area contributed by atoms with E-state index in [-0.39, 0.29) is 12.3 Å². The van der Waals surface area contributed by atoms with E-state index in [0.29, 0.717) is 11.3 Å². The van der Waals surface area contributed by atoms with E-state index in [4.69, 9.17) is 4.74 Å². The van der Waals surface area contributed by atoms with E-state index in [1.807, 2.05) is 6.07 Å². The smallest absolute Gasteiger partial charge is 0.188 e. The number of carbonyl (C=O) groups is 1. The Labute approximate surface area is 92.7 Å². The molecule has 0 aliphatic rings. The van der Waals surface area contributed by atoms with Crippen molar-refractivity contribution in [2.24, 2.45) is 0 Å². The lowest BCUT2D eigenvalue weighted by atomic mass is 10.1. The second-order valence-corrected chi connectivity index (χ2v) is 3.22. The Balaban J connectivity index is 2.21. The maximum Gasteiger partial charge on any atom is 0.188 e. The molecule has 1 heterocycles. The Morgan fingerprint density at radius 3 is 2.94 bits per heavy atom. The van der Waals surface area contributed by atoms with Crippen LogP contribution in [0, 0.1) is 0 Å². The van der Waals surface area contributed by atoms with Crippen molar-refractivity contribution in [1.82, 2.24) is 15.0 Å². The number of nitrogens with zero attached hydrogens (tertiary/aromatic N) is 3. The van der Waals surface area contributed by atoms with Gasteiger partial charge in [-0.2, -0.15) is 0 Å². The van der Waals surface area contributed by atoms with Crippen LogP contribution in [-0.4, -0.2) is 27.9 Å². The number of ketones is 1. The van der Waals surface area contributed by atoms with Crippen molar-refractivity contribution >= 4 is 5.78 Å². The lowest BCUT2D eigenvalue weighted by Crippen LogP contribution is -2.12. The largest absolute Gasteiger partial charge is 0.496 e. The average Bonchev–Trinajstić information content (AvgIpc) is 2.81. The highest BCUT2D eigenvalue weighted by molar-refractivity contribution is 5.98. The number of hydrogen-bond acceptors (Lipinski definition) is 4. The van der Waals surface area contributed by atoms with Crippen LogP contribution in [0.5, 0.6) is 5.75 Å². The highest BCUT2D eigenvalue weighted by atomic mass is 16.5. The molecule has 0 amide bonds. The van der Waals surface area contributed by atoms with Gasteiger partial charge in [0.2, 0.25) is 0 Å². The summed E-state index contributed by atoms with van der Waals surface area (Å²) >= 11 is 0. The fraction of sp³-hybridized carbons (Fsp3) is 0.182. The molecule has 0 aliphatic carbocycles. The van der Waals surface area contributed by atoms with Crippen LogP contribution in [0.4, 0.5) is 0 Å². The van der Waals surface area contributed by atoms with E-state index in [9.17, 15) is 4.79 Å². The summed E-state index contributed by atoms with van der Waals surface area (Å²) in [6, 6.07) is 7.12. The van der Waals surface area contributed by atoms with Crippen LogP contribution in [-0.2, 0) is 6.54 Å². The van der Waals surface area contributed by atoms with Gasteiger partial charge < -0.3 is 4.74 Å². The zero-order chi connectivity index (χ0) is 11.4. The number of methoxy groups -OCH3 is 1. The standard InChI is InChI=1S/C11H11N3O2/c1-16-11-5-3-2-4-9(11)10(15)8-14-7-6-12-13-14/h2-7H,8H2,1H3. The molecule has 5 nitrogen and oxygen atoms in total. The molecular weight excluding hydrogens is 206 g/mol. The number of carbonyl (C=O) groups excluding carboxylic acids is 1. The van der Waals surface area contributed by atoms with Gasteiger partial charge in [-0.3, -0.25) is 4.79 Å². The molecule has 0 bridgehead atoms. The van der Waals surface area contributed by atoms with Crippen LogP contribution >= 0.6 is 0 Å². The van der Waals surface area contributed by atoms with Crippen LogP contribution in [0.25, 0.3) is 0 Å². The first kappa shape index (κ1) is 10.4. The molecular formula is C11H11N3O2. The number of para-hydroxylation sites is 1. The third-order valence-corrected chi connectivity index (χ3v) is 2.18. The molecule has 0 saturated heterocycles. The molecule has 82 valence electrons. The summed E-state index contributed by atoms with van der Waals surface area (Å²) < 4.78 is 6.60. The lowest BCUT2D eigenvalue weighted by molar-refractivity contribution is 0.0964. The molecule has 2 aromatic rings. The number of benzene rings is 1. The highest BCUT2D eigenvalue weighted by Crippen LogP contribution is 2.18. The number of rotatable bonds is 4. The summed E-state index contributed by atoms with van der Waals surface area (Å²) in [6.45, 7) is 0.167. The molecule has 1 aromatic heterocycles. The first-order valence-electron chi connectivity index (χ1n) is 4.81. The minimum Gasteiger partial charge on any atom is -0.496 e. The molecule has 0 spiro atoms. The molecule has 2 rings (SSSR count). The minimum atomic E-state index is -0.0528. The first-order valence-corrected chi connectivity index (χ1v) is 4.81. The summed E-state index contributed by atoms with van der Waals surface area (Å²) in [7, 11) is 1.54. The van der Waals surface area contributed by atoms with Gasteiger partial charge in [-0.05, 0) is 12.1 Å². The van der Waals surface area contributed by atoms with E-state index in [1.165, 1.54) is 10.9 Å². The van der Waals surface area contributed by atoms with E-state index in [1.54, 1.807) is 31.5 Å². The maximum absolute atomic E-state index is 11.9. The zero-order valence-electron chi connectivity index (χ0n) is 8.83. The van der Waals surface area contributed by atoms with Crippen LogP contribution in [0.2, 0.25) is 0 Å². The molecule has 1 aromatic carbocycles. The van der Waals surface area contributed by atoms with Gasteiger partial charge >= 0.3 is 0 Å². The van der Waals surface area contributed by atoms with Crippen molar-refractivity contribution in [3.8, 4) is 5.75 Å². The highest BCUT2D eigenvalue weighted by Gasteiger charge is 2.11. The van der Waals surface area contributed by atoms with Crippen molar-refractivity contribution in [2.75, 3.05) is 7.11 Å². The van der Waals surface area contributed by atoms with Crippen molar-refractivity contribution in [1.29, 1.82) is 0 Å². The van der Waals surface area contributed by atoms with Crippen molar-refractivity contribution in [3.63, 3.8) is 0 Å². The van der Waals surface area contributed by atoms with Crippen LogP contribution in [0.3, 0.4) is 0 Å². The molecule has 0 aliphatic heterocycles. The molecule has 0 fully saturated rings. The Morgan fingerprint density at radius 2 is 2.25 bits per heavy atom. The summed E-state index contributed by atoms with van der Waals surface area (Å²) in [5.74, 6) is 0.524. The molecule has 16 heavy (non-hydrogen) atoms. The first-order chi connectivity index (χ1) is 7.81. The van der Waals surface area contributed by atoms with E-state index in [2.05, 4.69) is 10.3 Å². The van der Waals surface area contributed by atoms with Gasteiger partial charge in [0.05, 0.1) is 18.9 Å². The molecule has 0 unspecified atom stereocenters. The van der Waals surface area contributed by atoms with E-state index < -0.39 is 0 Å². The van der Waals surface area contributed by atoms with Gasteiger partial charge in [-0.1, -0.05) is 17.3 Å². The van der Waals surface area contributed by atoms with Gasteiger partial charge in [0.25, 0.3) is 0 Å².